The number of aryl methyl sites for hydroxylation is 1. The van der Waals surface area contributed by atoms with E-state index in [2.05, 4.69) is 10.4 Å². The van der Waals surface area contributed by atoms with Crippen molar-refractivity contribution in [3.05, 3.63) is 70.4 Å². The lowest BCUT2D eigenvalue weighted by atomic mass is 10.0. The number of anilines is 2. The molecule has 0 bridgehead atoms. The molecule has 0 aliphatic heterocycles. The first kappa shape index (κ1) is 19.5. The third-order valence-corrected chi connectivity index (χ3v) is 5.49. The van der Waals surface area contributed by atoms with E-state index in [0.717, 1.165) is 11.3 Å². The van der Waals surface area contributed by atoms with Gasteiger partial charge in [-0.15, -0.1) is 11.3 Å². The van der Waals surface area contributed by atoms with Crippen molar-refractivity contribution in [2.75, 3.05) is 11.1 Å². The number of thiophene rings is 1. The van der Waals surface area contributed by atoms with E-state index in [1.54, 1.807) is 24.4 Å². The van der Waals surface area contributed by atoms with Crippen LogP contribution in [0.3, 0.4) is 0 Å². The third kappa shape index (κ3) is 3.07. The van der Waals surface area contributed by atoms with Gasteiger partial charge in [0, 0.05) is 22.7 Å². The number of nitrogen functional groups attached to an aromatic ring is 1. The predicted molar refractivity (Wildman–Crippen MR) is 109 cm³/mol. The van der Waals surface area contributed by atoms with Crippen molar-refractivity contribution in [2.45, 2.75) is 6.92 Å². The number of fused-ring (bicyclic) bond motifs is 1. The van der Waals surface area contributed by atoms with Gasteiger partial charge in [0.2, 0.25) is 0 Å². The number of hydrogen-bond donors (Lipinski definition) is 3. The number of aromatic carboxylic acids is 1. The van der Waals surface area contributed by atoms with Gasteiger partial charge in [-0.2, -0.15) is 5.10 Å². The quantitative estimate of drug-likeness (QED) is 0.452. The lowest BCUT2D eigenvalue weighted by Crippen LogP contribution is -2.15. The van der Waals surface area contributed by atoms with Gasteiger partial charge in [-0.05, 0) is 24.6 Å². The van der Waals surface area contributed by atoms with Gasteiger partial charge in [-0.3, -0.25) is 4.79 Å². The number of benzene rings is 1. The van der Waals surface area contributed by atoms with Crippen LogP contribution >= 0.6 is 11.3 Å². The Hall–Kier alpha value is -3.79. The molecule has 3 aromatic heterocycles. The smallest absolute Gasteiger partial charge is 0.339 e. The maximum absolute atomic E-state index is 14.4. The summed E-state index contributed by atoms with van der Waals surface area (Å²) in [5.41, 5.74) is 6.06. The molecule has 0 fully saturated rings. The molecule has 7 nitrogen and oxygen atoms in total. The minimum absolute atomic E-state index is 0.0397. The molecule has 0 unspecified atom stereocenters. The summed E-state index contributed by atoms with van der Waals surface area (Å²) in [6, 6.07) is 7.78. The van der Waals surface area contributed by atoms with Crippen LogP contribution in [0.15, 0.2) is 41.9 Å². The standard InChI is InChI=1S/C20H14F2N4O3S/c1-9-5-6-10(15(22)14(9)21)11-8-30-19(13(11)20(28)29)24-18(27)17-16(23)12-4-2-3-7-26(12)25-17/h2-8H,23H2,1H3,(H,24,27)(H,28,29). The van der Waals surface area contributed by atoms with Gasteiger partial charge in [0.25, 0.3) is 5.91 Å². The van der Waals surface area contributed by atoms with E-state index in [0.29, 0.717) is 5.52 Å². The summed E-state index contributed by atoms with van der Waals surface area (Å²) >= 11 is 0.877. The van der Waals surface area contributed by atoms with Gasteiger partial charge in [0.1, 0.15) is 10.6 Å². The normalized spacial score (nSPS) is 11.0. The zero-order valence-electron chi connectivity index (χ0n) is 15.4. The Kier molecular flexibility index (Phi) is 4.70. The fraction of sp³-hybridized carbons (Fsp3) is 0.0500. The molecule has 152 valence electrons. The number of halogens is 2. The van der Waals surface area contributed by atoms with Crippen LogP contribution in [0.5, 0.6) is 0 Å². The van der Waals surface area contributed by atoms with Gasteiger partial charge >= 0.3 is 5.97 Å². The monoisotopic (exact) mass is 428 g/mol. The number of carboxylic acids is 1. The van der Waals surface area contributed by atoms with E-state index >= 15 is 0 Å². The summed E-state index contributed by atoms with van der Waals surface area (Å²) in [4.78, 5) is 24.6. The molecule has 1 aromatic carbocycles. The summed E-state index contributed by atoms with van der Waals surface area (Å²) in [5, 5.41) is 17.5. The van der Waals surface area contributed by atoms with Gasteiger partial charge < -0.3 is 16.2 Å². The van der Waals surface area contributed by atoms with Crippen LogP contribution in [0.2, 0.25) is 0 Å². The highest BCUT2D eigenvalue weighted by Crippen LogP contribution is 2.38. The Morgan fingerprint density at radius 2 is 1.93 bits per heavy atom. The van der Waals surface area contributed by atoms with E-state index < -0.39 is 23.5 Å². The highest BCUT2D eigenvalue weighted by molar-refractivity contribution is 7.15. The van der Waals surface area contributed by atoms with E-state index in [1.807, 2.05) is 0 Å². The van der Waals surface area contributed by atoms with Crippen LogP contribution < -0.4 is 11.1 Å². The highest BCUT2D eigenvalue weighted by atomic mass is 32.1. The Bertz CT molecular complexity index is 1330. The summed E-state index contributed by atoms with van der Waals surface area (Å²) in [5.74, 6) is -4.33. The van der Waals surface area contributed by atoms with Crippen LogP contribution in [0, 0.1) is 18.6 Å². The number of carbonyl (C=O) groups excluding carboxylic acids is 1. The first-order valence-corrected chi connectivity index (χ1v) is 9.51. The fourth-order valence-electron chi connectivity index (χ4n) is 3.06. The average molecular weight is 428 g/mol. The maximum Gasteiger partial charge on any atom is 0.339 e. The second kappa shape index (κ2) is 7.23. The molecule has 30 heavy (non-hydrogen) atoms. The number of rotatable bonds is 4. The van der Waals surface area contributed by atoms with Gasteiger partial charge in [-0.1, -0.05) is 18.2 Å². The number of nitrogens with one attached hydrogen (secondary N) is 1. The highest BCUT2D eigenvalue weighted by Gasteiger charge is 2.26. The van der Waals surface area contributed by atoms with Crippen molar-refractivity contribution < 1.29 is 23.5 Å². The minimum Gasteiger partial charge on any atom is -0.478 e. The topological polar surface area (TPSA) is 110 Å². The largest absolute Gasteiger partial charge is 0.478 e. The molecule has 0 spiro atoms. The predicted octanol–water partition coefficient (Wildman–Crippen LogP) is 4.18. The number of carboxylic acid groups (broad SMARTS) is 1. The van der Waals surface area contributed by atoms with Crippen LogP contribution in [0.25, 0.3) is 16.6 Å². The van der Waals surface area contributed by atoms with Crippen molar-refractivity contribution in [3.8, 4) is 11.1 Å². The molecular formula is C20H14F2N4O3S. The summed E-state index contributed by atoms with van der Waals surface area (Å²) in [6.07, 6.45) is 1.61. The maximum atomic E-state index is 14.4. The lowest BCUT2D eigenvalue weighted by Gasteiger charge is -2.07. The number of aromatic nitrogens is 2. The molecule has 0 aliphatic rings. The second-order valence-electron chi connectivity index (χ2n) is 6.46. The zero-order valence-corrected chi connectivity index (χ0v) is 16.3. The number of hydrogen-bond acceptors (Lipinski definition) is 5. The first-order valence-electron chi connectivity index (χ1n) is 8.63. The molecule has 10 heteroatoms. The lowest BCUT2D eigenvalue weighted by molar-refractivity contribution is 0.0699. The number of carbonyl (C=O) groups is 2. The molecule has 0 radical (unpaired) electrons. The van der Waals surface area contributed by atoms with Crippen molar-refractivity contribution in [3.63, 3.8) is 0 Å². The van der Waals surface area contributed by atoms with Gasteiger partial charge in [0.05, 0.1) is 11.2 Å². The molecule has 4 rings (SSSR count). The molecule has 4 aromatic rings. The molecule has 3 heterocycles. The van der Waals surface area contributed by atoms with E-state index in [-0.39, 0.29) is 38.6 Å². The molecule has 0 aliphatic carbocycles. The summed E-state index contributed by atoms with van der Waals surface area (Å²) in [7, 11) is 0. The summed E-state index contributed by atoms with van der Waals surface area (Å²) in [6.45, 7) is 1.40. The molecular weight excluding hydrogens is 414 g/mol. The zero-order chi connectivity index (χ0) is 21.6. The molecule has 0 atom stereocenters. The Morgan fingerprint density at radius 1 is 1.17 bits per heavy atom. The van der Waals surface area contributed by atoms with Crippen molar-refractivity contribution in [1.82, 2.24) is 9.61 Å². The first-order chi connectivity index (χ1) is 14.3. The molecule has 1 amide bonds. The fourth-order valence-corrected chi connectivity index (χ4v) is 4.01. The molecule has 0 saturated carbocycles. The average Bonchev–Trinajstić information content (AvgIpc) is 3.28. The number of amides is 1. The number of nitrogens with zero attached hydrogens (tertiary/aromatic N) is 2. The van der Waals surface area contributed by atoms with Crippen LogP contribution in [-0.2, 0) is 0 Å². The van der Waals surface area contributed by atoms with Crippen molar-refractivity contribution in [2.24, 2.45) is 0 Å². The second-order valence-corrected chi connectivity index (χ2v) is 7.34. The molecule has 4 N–H and O–H groups in total. The van der Waals surface area contributed by atoms with Crippen molar-refractivity contribution in [1.29, 1.82) is 0 Å². The van der Waals surface area contributed by atoms with E-state index in [1.165, 1.54) is 29.0 Å². The van der Waals surface area contributed by atoms with Crippen LogP contribution in [-0.4, -0.2) is 26.6 Å². The SMILES string of the molecule is Cc1ccc(-c2csc(NC(=O)c3nn4ccccc4c3N)c2C(=O)O)c(F)c1F. The Labute approximate surface area is 172 Å². The number of nitrogens with two attached hydrogens (primary N) is 1. The molecule has 0 saturated heterocycles. The van der Waals surface area contributed by atoms with Gasteiger partial charge in [0.15, 0.2) is 17.3 Å². The number of pyridine rings is 1. The van der Waals surface area contributed by atoms with E-state index in [9.17, 15) is 23.5 Å². The van der Waals surface area contributed by atoms with Crippen LogP contribution in [0.4, 0.5) is 19.5 Å². The van der Waals surface area contributed by atoms with Gasteiger partial charge in [-0.25, -0.2) is 18.1 Å². The van der Waals surface area contributed by atoms with Crippen LogP contribution in [0.1, 0.15) is 26.4 Å². The third-order valence-electron chi connectivity index (χ3n) is 4.59. The van der Waals surface area contributed by atoms with E-state index in [4.69, 9.17) is 5.73 Å². The Morgan fingerprint density at radius 3 is 2.63 bits per heavy atom. The minimum atomic E-state index is -1.40. The van der Waals surface area contributed by atoms with Crippen molar-refractivity contribution >= 4 is 39.4 Å². The summed E-state index contributed by atoms with van der Waals surface area (Å²) < 4.78 is 29.8. The Balaban J connectivity index is 1.75.